The molecule has 0 aliphatic rings. The topological polar surface area (TPSA) is 41.1 Å². The summed E-state index contributed by atoms with van der Waals surface area (Å²) >= 11 is 9.18. The second-order valence-electron chi connectivity index (χ2n) is 3.33. The van der Waals surface area contributed by atoms with E-state index in [1.807, 2.05) is 13.0 Å². The monoisotopic (exact) mass is 304 g/mol. The lowest BCUT2D eigenvalue weighted by molar-refractivity contribution is -0.119. The van der Waals surface area contributed by atoms with Crippen molar-refractivity contribution in [3.63, 3.8) is 0 Å². The molecule has 0 unspecified atom stereocenters. The van der Waals surface area contributed by atoms with E-state index in [1.54, 1.807) is 12.1 Å². The van der Waals surface area contributed by atoms with Crippen LogP contribution in [0.2, 0.25) is 5.02 Å². The van der Waals surface area contributed by atoms with Crippen LogP contribution in [0, 0.1) is 0 Å². The van der Waals surface area contributed by atoms with Crippen LogP contribution in [0.4, 0.5) is 5.69 Å². The SMILES string of the molecule is CCCNC(=O)CNc1ccc(Cl)cc1Br. The average Bonchev–Trinajstić information content (AvgIpc) is 2.25. The largest absolute Gasteiger partial charge is 0.375 e. The van der Waals surface area contributed by atoms with Crippen molar-refractivity contribution in [1.82, 2.24) is 5.32 Å². The molecule has 3 nitrogen and oxygen atoms in total. The summed E-state index contributed by atoms with van der Waals surface area (Å²) in [6.45, 7) is 2.99. The Hall–Kier alpha value is -0.740. The van der Waals surface area contributed by atoms with Crippen molar-refractivity contribution in [2.45, 2.75) is 13.3 Å². The minimum Gasteiger partial charge on any atom is -0.375 e. The molecular formula is C11H14BrClN2O. The molecule has 0 radical (unpaired) electrons. The highest BCUT2D eigenvalue weighted by atomic mass is 79.9. The average molecular weight is 306 g/mol. The van der Waals surface area contributed by atoms with Crippen molar-refractivity contribution >= 4 is 39.1 Å². The predicted molar refractivity (Wildman–Crippen MR) is 70.9 cm³/mol. The van der Waals surface area contributed by atoms with Gasteiger partial charge in [-0.2, -0.15) is 0 Å². The van der Waals surface area contributed by atoms with Crippen LogP contribution in [-0.2, 0) is 4.79 Å². The number of anilines is 1. The molecule has 0 bridgehead atoms. The van der Waals surface area contributed by atoms with Gasteiger partial charge < -0.3 is 10.6 Å². The van der Waals surface area contributed by atoms with Gasteiger partial charge in [-0.3, -0.25) is 4.79 Å². The number of hydrogen-bond donors (Lipinski definition) is 2. The van der Waals surface area contributed by atoms with Gasteiger partial charge in [-0.15, -0.1) is 0 Å². The van der Waals surface area contributed by atoms with Crippen molar-refractivity contribution in [1.29, 1.82) is 0 Å². The molecule has 0 spiro atoms. The molecule has 0 aromatic heterocycles. The zero-order valence-electron chi connectivity index (χ0n) is 9.02. The quantitative estimate of drug-likeness (QED) is 0.878. The fourth-order valence-electron chi connectivity index (χ4n) is 1.14. The lowest BCUT2D eigenvalue weighted by Crippen LogP contribution is -2.30. The Labute approximate surface area is 109 Å². The molecular weight excluding hydrogens is 291 g/mol. The molecule has 0 fully saturated rings. The van der Waals surface area contributed by atoms with Crippen LogP contribution in [0.3, 0.4) is 0 Å². The standard InChI is InChI=1S/C11H14BrClN2O/c1-2-5-14-11(16)7-15-10-4-3-8(13)6-9(10)12/h3-4,6,15H,2,5,7H2,1H3,(H,14,16). The third kappa shape index (κ3) is 4.41. The van der Waals surface area contributed by atoms with Crippen molar-refractivity contribution < 1.29 is 4.79 Å². The fraction of sp³-hybridized carbons (Fsp3) is 0.364. The summed E-state index contributed by atoms with van der Waals surface area (Å²) in [7, 11) is 0. The van der Waals surface area contributed by atoms with Gasteiger partial charge in [-0.25, -0.2) is 0 Å². The molecule has 0 aliphatic carbocycles. The van der Waals surface area contributed by atoms with Crippen molar-refractivity contribution in [3.8, 4) is 0 Å². The smallest absolute Gasteiger partial charge is 0.239 e. The molecule has 88 valence electrons. The maximum Gasteiger partial charge on any atom is 0.239 e. The van der Waals surface area contributed by atoms with Gasteiger partial charge in [0, 0.05) is 21.7 Å². The lowest BCUT2D eigenvalue weighted by Gasteiger charge is -2.08. The van der Waals surface area contributed by atoms with Crippen LogP contribution in [0.25, 0.3) is 0 Å². The summed E-state index contributed by atoms with van der Waals surface area (Å²) in [6.07, 6.45) is 0.941. The zero-order chi connectivity index (χ0) is 12.0. The summed E-state index contributed by atoms with van der Waals surface area (Å²) in [4.78, 5) is 11.3. The van der Waals surface area contributed by atoms with Crippen LogP contribution in [0.1, 0.15) is 13.3 Å². The van der Waals surface area contributed by atoms with Crippen molar-refractivity contribution in [3.05, 3.63) is 27.7 Å². The van der Waals surface area contributed by atoms with E-state index in [2.05, 4.69) is 26.6 Å². The summed E-state index contributed by atoms with van der Waals surface area (Å²) in [6, 6.07) is 5.39. The van der Waals surface area contributed by atoms with Gasteiger partial charge in [0.15, 0.2) is 0 Å². The highest BCUT2D eigenvalue weighted by Gasteiger charge is 2.03. The Morgan fingerprint density at radius 1 is 1.50 bits per heavy atom. The van der Waals surface area contributed by atoms with Crippen LogP contribution < -0.4 is 10.6 Å². The molecule has 0 aliphatic heterocycles. The first-order chi connectivity index (χ1) is 7.63. The van der Waals surface area contributed by atoms with E-state index in [0.29, 0.717) is 11.6 Å². The highest BCUT2D eigenvalue weighted by Crippen LogP contribution is 2.25. The minimum atomic E-state index is -0.0105. The number of rotatable bonds is 5. The Bertz CT molecular complexity index is 371. The number of carbonyl (C=O) groups is 1. The number of hydrogen-bond acceptors (Lipinski definition) is 2. The molecule has 2 N–H and O–H groups in total. The van der Waals surface area contributed by atoms with Crippen molar-refractivity contribution in [2.24, 2.45) is 0 Å². The number of carbonyl (C=O) groups excluding carboxylic acids is 1. The predicted octanol–water partition coefficient (Wildman–Crippen LogP) is 3.04. The number of nitrogens with one attached hydrogen (secondary N) is 2. The molecule has 1 aromatic rings. The molecule has 5 heteroatoms. The number of benzene rings is 1. The highest BCUT2D eigenvalue weighted by molar-refractivity contribution is 9.10. The second-order valence-corrected chi connectivity index (χ2v) is 4.62. The van der Waals surface area contributed by atoms with Gasteiger partial charge in [0.1, 0.15) is 0 Å². The van der Waals surface area contributed by atoms with Crippen LogP contribution >= 0.6 is 27.5 Å². The summed E-state index contributed by atoms with van der Waals surface area (Å²) in [5.74, 6) is -0.0105. The summed E-state index contributed by atoms with van der Waals surface area (Å²) in [5, 5.41) is 6.48. The normalized spacial score (nSPS) is 9.94. The van der Waals surface area contributed by atoms with Gasteiger partial charge >= 0.3 is 0 Å². The zero-order valence-corrected chi connectivity index (χ0v) is 11.4. The van der Waals surface area contributed by atoms with E-state index in [9.17, 15) is 4.79 Å². The molecule has 0 heterocycles. The fourth-order valence-corrected chi connectivity index (χ4v) is 1.96. The Kier molecular flexibility index (Phi) is 5.63. The Balaban J connectivity index is 2.45. The molecule has 1 rings (SSSR count). The van der Waals surface area contributed by atoms with E-state index in [4.69, 9.17) is 11.6 Å². The maximum absolute atomic E-state index is 11.3. The number of amides is 1. The van der Waals surface area contributed by atoms with Gasteiger partial charge in [0.25, 0.3) is 0 Å². The number of halogens is 2. The third-order valence-electron chi connectivity index (χ3n) is 1.94. The molecule has 0 saturated heterocycles. The van der Waals surface area contributed by atoms with Gasteiger partial charge in [-0.1, -0.05) is 18.5 Å². The van der Waals surface area contributed by atoms with E-state index in [1.165, 1.54) is 0 Å². The first-order valence-corrected chi connectivity index (χ1v) is 6.26. The summed E-state index contributed by atoms with van der Waals surface area (Å²) < 4.78 is 0.850. The van der Waals surface area contributed by atoms with Gasteiger partial charge in [0.05, 0.1) is 6.54 Å². The maximum atomic E-state index is 11.3. The molecule has 16 heavy (non-hydrogen) atoms. The first kappa shape index (κ1) is 13.3. The van der Waals surface area contributed by atoms with Crippen LogP contribution in [-0.4, -0.2) is 19.0 Å². The first-order valence-electron chi connectivity index (χ1n) is 5.09. The van der Waals surface area contributed by atoms with E-state index in [0.717, 1.165) is 16.6 Å². The minimum absolute atomic E-state index is 0.0105. The summed E-state index contributed by atoms with van der Waals surface area (Å²) in [5.41, 5.74) is 0.857. The van der Waals surface area contributed by atoms with Crippen molar-refractivity contribution in [2.75, 3.05) is 18.4 Å². The van der Waals surface area contributed by atoms with Crippen LogP contribution in [0.5, 0.6) is 0 Å². The van der Waals surface area contributed by atoms with Gasteiger partial charge in [0.2, 0.25) is 5.91 Å². The van der Waals surface area contributed by atoms with Gasteiger partial charge in [-0.05, 0) is 40.5 Å². The Morgan fingerprint density at radius 2 is 2.25 bits per heavy atom. The van der Waals surface area contributed by atoms with E-state index >= 15 is 0 Å². The molecule has 1 amide bonds. The molecule has 0 saturated carbocycles. The van der Waals surface area contributed by atoms with E-state index in [-0.39, 0.29) is 12.5 Å². The molecule has 1 aromatic carbocycles. The molecule has 0 atom stereocenters. The second kappa shape index (κ2) is 6.76. The van der Waals surface area contributed by atoms with E-state index < -0.39 is 0 Å². The third-order valence-corrected chi connectivity index (χ3v) is 2.83. The Morgan fingerprint density at radius 3 is 2.88 bits per heavy atom. The lowest BCUT2D eigenvalue weighted by atomic mass is 10.3. The van der Waals surface area contributed by atoms with Crippen LogP contribution in [0.15, 0.2) is 22.7 Å².